The van der Waals surface area contributed by atoms with Crippen molar-refractivity contribution in [2.45, 2.75) is 44.7 Å². The third-order valence-corrected chi connectivity index (χ3v) is 4.30. The average molecular weight is 296 g/mol. The fraction of sp³-hybridized carbons (Fsp3) is 0.562. The number of benzene rings is 1. The Hall–Kier alpha value is -1.49. The number of likely N-dealkylation sites (N-methyl/N-ethyl adjacent to an activating group) is 1. The van der Waals surface area contributed by atoms with Crippen LogP contribution in [0.3, 0.4) is 0 Å². The number of carbonyl (C=O) groups excluding carboxylic acids is 1. The van der Waals surface area contributed by atoms with Gasteiger partial charge in [-0.15, -0.1) is 0 Å². The summed E-state index contributed by atoms with van der Waals surface area (Å²) in [4.78, 5) is 13.7. The molecule has 0 heterocycles. The van der Waals surface area contributed by atoms with E-state index in [-0.39, 0.29) is 18.5 Å². The van der Waals surface area contributed by atoms with Crippen LogP contribution in [0.5, 0.6) is 0 Å². The first-order chi connectivity index (χ1) is 9.99. The van der Waals surface area contributed by atoms with Gasteiger partial charge in [-0.2, -0.15) is 0 Å². The summed E-state index contributed by atoms with van der Waals surface area (Å²) in [6.45, 7) is 2.09. The van der Waals surface area contributed by atoms with Gasteiger partial charge in [0.2, 0.25) is 5.91 Å². The summed E-state index contributed by atoms with van der Waals surface area (Å²) in [7, 11) is 1.69. The predicted octanol–water partition coefficient (Wildman–Crippen LogP) is 3.02. The summed E-state index contributed by atoms with van der Waals surface area (Å²) in [6.07, 6.45) is 4.67. The van der Waals surface area contributed by atoms with Gasteiger partial charge in [-0.05, 0) is 37.5 Å². The number of hydrogen-bond acceptors (Lipinski definition) is 2. The molecule has 1 aromatic rings. The third kappa shape index (κ3) is 4.00. The van der Waals surface area contributed by atoms with Crippen molar-refractivity contribution in [2.24, 2.45) is 0 Å². The van der Waals surface area contributed by atoms with E-state index in [0.29, 0.717) is 11.6 Å². The van der Waals surface area contributed by atoms with Crippen LogP contribution in [-0.2, 0) is 4.79 Å². The first kappa shape index (κ1) is 15.9. The Morgan fingerprint density at radius 2 is 2.00 bits per heavy atom. The van der Waals surface area contributed by atoms with Gasteiger partial charge in [0.05, 0.1) is 12.6 Å². The molecule has 116 valence electrons. The first-order valence-electron chi connectivity index (χ1n) is 7.43. The monoisotopic (exact) mass is 296 g/mol. The zero-order valence-electron chi connectivity index (χ0n) is 12.5. The van der Waals surface area contributed by atoms with Crippen molar-refractivity contribution in [1.82, 2.24) is 10.2 Å². The smallest absolute Gasteiger partial charge is 0.236 e. The van der Waals surface area contributed by atoms with Crippen LogP contribution in [0.1, 0.15) is 44.2 Å². The minimum absolute atomic E-state index is 0.0425. The van der Waals surface area contributed by atoms with Crippen LogP contribution in [-0.4, -0.2) is 30.4 Å². The van der Waals surface area contributed by atoms with E-state index in [1.165, 1.54) is 18.9 Å². The van der Waals surface area contributed by atoms with Crippen molar-refractivity contribution in [3.8, 4) is 0 Å². The van der Waals surface area contributed by atoms with E-state index in [2.05, 4.69) is 5.32 Å². The molecule has 1 aromatic carbocycles. The van der Waals surface area contributed by atoms with Crippen molar-refractivity contribution in [1.29, 1.82) is 0 Å². The number of rotatable bonds is 5. The highest BCUT2D eigenvalue weighted by Crippen LogP contribution is 2.21. The second kappa shape index (κ2) is 6.98. The van der Waals surface area contributed by atoms with E-state index in [4.69, 9.17) is 0 Å². The molecule has 3 nitrogen and oxygen atoms in total. The SMILES string of the molecule is CC(c1ccc(F)c(F)c1)N(C)C(=O)CNC1CCCC1. The van der Waals surface area contributed by atoms with Gasteiger partial charge in [0.25, 0.3) is 0 Å². The molecule has 1 N–H and O–H groups in total. The molecule has 1 unspecified atom stereocenters. The maximum Gasteiger partial charge on any atom is 0.236 e. The second-order valence-electron chi connectivity index (χ2n) is 5.72. The zero-order chi connectivity index (χ0) is 15.4. The summed E-state index contributed by atoms with van der Waals surface area (Å²) in [5.74, 6) is -1.80. The highest BCUT2D eigenvalue weighted by atomic mass is 19.2. The maximum absolute atomic E-state index is 13.3. The van der Waals surface area contributed by atoms with Crippen LogP contribution in [0.4, 0.5) is 8.78 Å². The summed E-state index contributed by atoms with van der Waals surface area (Å²) in [5.41, 5.74) is 0.589. The molecule has 1 atom stereocenters. The molecule has 1 aliphatic carbocycles. The lowest BCUT2D eigenvalue weighted by molar-refractivity contribution is -0.131. The van der Waals surface area contributed by atoms with Gasteiger partial charge < -0.3 is 10.2 Å². The van der Waals surface area contributed by atoms with Gasteiger partial charge in [0.1, 0.15) is 0 Å². The Labute approximate surface area is 124 Å². The standard InChI is InChI=1S/C16H22F2N2O/c1-11(12-7-8-14(17)15(18)9-12)20(2)16(21)10-19-13-5-3-4-6-13/h7-9,11,13,19H,3-6,10H2,1-2H3. The zero-order valence-corrected chi connectivity index (χ0v) is 12.5. The molecule has 0 spiro atoms. The minimum atomic E-state index is -0.885. The van der Waals surface area contributed by atoms with E-state index >= 15 is 0 Å². The fourth-order valence-electron chi connectivity index (χ4n) is 2.70. The fourth-order valence-corrected chi connectivity index (χ4v) is 2.70. The molecule has 1 fully saturated rings. The Morgan fingerprint density at radius 1 is 1.33 bits per heavy atom. The van der Waals surface area contributed by atoms with E-state index in [0.717, 1.165) is 25.0 Å². The van der Waals surface area contributed by atoms with Crippen molar-refractivity contribution >= 4 is 5.91 Å². The lowest BCUT2D eigenvalue weighted by atomic mass is 10.1. The summed E-state index contributed by atoms with van der Waals surface area (Å²) in [5, 5.41) is 3.26. The van der Waals surface area contributed by atoms with E-state index in [1.54, 1.807) is 18.9 Å². The lowest BCUT2D eigenvalue weighted by Gasteiger charge is -2.26. The number of hydrogen-bond donors (Lipinski definition) is 1. The summed E-state index contributed by atoms with van der Waals surface area (Å²) < 4.78 is 26.2. The van der Waals surface area contributed by atoms with E-state index in [1.807, 2.05) is 0 Å². The topological polar surface area (TPSA) is 32.3 Å². The van der Waals surface area contributed by atoms with E-state index in [9.17, 15) is 13.6 Å². The van der Waals surface area contributed by atoms with Crippen molar-refractivity contribution in [2.75, 3.05) is 13.6 Å². The molecule has 5 heteroatoms. The Morgan fingerprint density at radius 3 is 2.62 bits per heavy atom. The van der Waals surface area contributed by atoms with Gasteiger partial charge >= 0.3 is 0 Å². The van der Waals surface area contributed by atoms with Crippen LogP contribution in [0.2, 0.25) is 0 Å². The number of nitrogens with zero attached hydrogens (tertiary/aromatic N) is 1. The molecular weight excluding hydrogens is 274 g/mol. The minimum Gasteiger partial charge on any atom is -0.338 e. The summed E-state index contributed by atoms with van der Waals surface area (Å²) >= 11 is 0. The normalized spacial score (nSPS) is 17.0. The Bertz CT molecular complexity index is 501. The van der Waals surface area contributed by atoms with Crippen LogP contribution in [0, 0.1) is 11.6 Å². The molecule has 0 bridgehead atoms. The van der Waals surface area contributed by atoms with Crippen LogP contribution in [0.25, 0.3) is 0 Å². The number of nitrogens with one attached hydrogen (secondary N) is 1. The molecule has 1 amide bonds. The van der Waals surface area contributed by atoms with E-state index < -0.39 is 11.6 Å². The number of carbonyl (C=O) groups is 1. The molecule has 0 radical (unpaired) electrons. The van der Waals surface area contributed by atoms with Gasteiger partial charge in [0.15, 0.2) is 11.6 Å². The van der Waals surface area contributed by atoms with Crippen LogP contribution >= 0.6 is 0 Å². The van der Waals surface area contributed by atoms with Gasteiger partial charge in [-0.1, -0.05) is 18.9 Å². The molecule has 1 saturated carbocycles. The Kier molecular flexibility index (Phi) is 5.28. The average Bonchev–Trinajstić information content (AvgIpc) is 2.99. The molecule has 1 aliphatic rings. The second-order valence-corrected chi connectivity index (χ2v) is 5.72. The van der Waals surface area contributed by atoms with Gasteiger partial charge in [0, 0.05) is 13.1 Å². The largest absolute Gasteiger partial charge is 0.338 e. The lowest BCUT2D eigenvalue weighted by Crippen LogP contribution is -2.40. The molecule has 0 aliphatic heterocycles. The first-order valence-corrected chi connectivity index (χ1v) is 7.43. The maximum atomic E-state index is 13.3. The van der Waals surface area contributed by atoms with Gasteiger partial charge in [-0.3, -0.25) is 4.79 Å². The van der Waals surface area contributed by atoms with Crippen molar-refractivity contribution in [3.63, 3.8) is 0 Å². The summed E-state index contributed by atoms with van der Waals surface area (Å²) in [6, 6.07) is 3.89. The van der Waals surface area contributed by atoms with Gasteiger partial charge in [-0.25, -0.2) is 8.78 Å². The molecular formula is C16H22F2N2O. The number of amides is 1. The van der Waals surface area contributed by atoms with Crippen molar-refractivity contribution in [3.05, 3.63) is 35.4 Å². The molecule has 21 heavy (non-hydrogen) atoms. The quantitative estimate of drug-likeness (QED) is 0.906. The van der Waals surface area contributed by atoms with Crippen LogP contribution < -0.4 is 5.32 Å². The highest BCUT2D eigenvalue weighted by Gasteiger charge is 2.20. The Balaban J connectivity index is 1.92. The van der Waals surface area contributed by atoms with Crippen molar-refractivity contribution < 1.29 is 13.6 Å². The molecule has 0 saturated heterocycles. The number of halogens is 2. The predicted molar refractivity (Wildman–Crippen MR) is 77.8 cm³/mol. The third-order valence-electron chi connectivity index (χ3n) is 4.30. The molecule has 2 rings (SSSR count). The molecule has 0 aromatic heterocycles. The highest BCUT2D eigenvalue weighted by molar-refractivity contribution is 5.78. The van der Waals surface area contributed by atoms with Crippen LogP contribution in [0.15, 0.2) is 18.2 Å².